The molecule has 1 aliphatic heterocycles. The van der Waals surface area contributed by atoms with E-state index in [9.17, 15) is 10.1 Å². The van der Waals surface area contributed by atoms with Crippen LogP contribution in [0.4, 0.5) is 11.6 Å². The lowest BCUT2D eigenvalue weighted by atomic mass is 9.91. The number of imidazole rings is 1. The Bertz CT molecular complexity index is 1470. The normalized spacial score (nSPS) is 17.9. The SMILES string of the molecule is [2H]C([2H])([2H])n1c(=O)n(C2(C#N)CCOCC2)c2nc(Nc3cn4ncnc4cc3C)ncc21. The molecule has 1 fully saturated rings. The standard InChI is InChI=1S/C19H19N9O2/c1-12-7-15-22-11-23-27(15)9-13(12)24-17-21-8-14-16(25-17)28(18(29)26(14)2)19(10-20)3-5-30-6-4-19/h7-9,11H,3-6H2,1-2H3,(H,21,24,25)/i2D3. The average molecular weight is 408 g/mol. The molecule has 152 valence electrons. The number of nitrogens with zero attached hydrogens (tertiary/aromatic N) is 8. The summed E-state index contributed by atoms with van der Waals surface area (Å²) in [6.45, 7) is -0.347. The quantitative estimate of drug-likeness (QED) is 0.536. The summed E-state index contributed by atoms with van der Waals surface area (Å²) in [5, 5.41) is 17.2. The molecule has 0 spiro atoms. The Labute approximate surface area is 174 Å². The first-order valence-electron chi connectivity index (χ1n) is 10.8. The second-order valence-electron chi connectivity index (χ2n) is 7.17. The summed E-state index contributed by atoms with van der Waals surface area (Å²) < 4.78 is 32.4. The van der Waals surface area contributed by atoms with Crippen molar-refractivity contribution >= 4 is 28.4 Å². The first-order valence-corrected chi connectivity index (χ1v) is 9.31. The third-order valence-corrected chi connectivity index (χ3v) is 5.41. The Hall–Kier alpha value is -3.78. The summed E-state index contributed by atoms with van der Waals surface area (Å²) in [5.41, 5.74) is 0.165. The zero-order valence-electron chi connectivity index (χ0n) is 19.0. The fraction of sp³-hybridized carbons (Fsp3) is 0.368. The molecule has 0 aromatic carbocycles. The van der Waals surface area contributed by atoms with Crippen molar-refractivity contribution in [3.63, 3.8) is 0 Å². The van der Waals surface area contributed by atoms with E-state index < -0.39 is 18.2 Å². The number of hydrogen-bond donors (Lipinski definition) is 1. The molecular weight excluding hydrogens is 386 g/mol. The highest BCUT2D eigenvalue weighted by molar-refractivity contribution is 5.74. The molecule has 0 saturated carbocycles. The lowest BCUT2D eigenvalue weighted by Crippen LogP contribution is -2.44. The molecule has 1 N–H and O–H groups in total. The van der Waals surface area contributed by atoms with Crippen molar-refractivity contribution in [2.45, 2.75) is 25.3 Å². The Kier molecular flexibility index (Phi) is 3.34. The summed E-state index contributed by atoms with van der Waals surface area (Å²) >= 11 is 0. The zero-order valence-corrected chi connectivity index (χ0v) is 16.0. The molecular formula is C19H19N9O2. The number of pyridine rings is 1. The number of rotatable bonds is 3. The second-order valence-corrected chi connectivity index (χ2v) is 7.17. The Morgan fingerprint density at radius 3 is 2.97 bits per heavy atom. The van der Waals surface area contributed by atoms with E-state index in [4.69, 9.17) is 8.85 Å². The van der Waals surface area contributed by atoms with Crippen molar-refractivity contribution < 1.29 is 8.85 Å². The van der Waals surface area contributed by atoms with Gasteiger partial charge in [0.1, 0.15) is 17.4 Å². The van der Waals surface area contributed by atoms with Gasteiger partial charge >= 0.3 is 5.69 Å². The molecule has 0 bridgehead atoms. The summed E-state index contributed by atoms with van der Waals surface area (Å²) in [6, 6.07) is 4.05. The van der Waals surface area contributed by atoms with Crippen LogP contribution < -0.4 is 11.0 Å². The molecule has 30 heavy (non-hydrogen) atoms. The monoisotopic (exact) mass is 408 g/mol. The van der Waals surface area contributed by atoms with Gasteiger partial charge in [-0.05, 0) is 18.6 Å². The Balaban J connectivity index is 1.70. The van der Waals surface area contributed by atoms with Crippen LogP contribution in [-0.2, 0) is 17.3 Å². The van der Waals surface area contributed by atoms with Crippen LogP contribution in [0.2, 0.25) is 0 Å². The van der Waals surface area contributed by atoms with Crippen LogP contribution in [0, 0.1) is 18.3 Å². The van der Waals surface area contributed by atoms with Crippen molar-refractivity contribution in [1.29, 1.82) is 5.26 Å². The molecule has 5 rings (SSSR count). The minimum atomic E-state index is -2.77. The van der Waals surface area contributed by atoms with Crippen molar-refractivity contribution in [3.05, 3.63) is 40.8 Å². The van der Waals surface area contributed by atoms with Gasteiger partial charge in [0.05, 0.1) is 24.2 Å². The van der Waals surface area contributed by atoms with Gasteiger partial charge < -0.3 is 10.1 Å². The minimum Gasteiger partial charge on any atom is -0.381 e. The number of aryl methyl sites for hydroxylation is 2. The molecule has 1 saturated heterocycles. The van der Waals surface area contributed by atoms with E-state index in [0.717, 1.165) is 5.56 Å². The number of ether oxygens (including phenoxy) is 1. The van der Waals surface area contributed by atoms with E-state index in [-0.39, 0.29) is 43.2 Å². The highest BCUT2D eigenvalue weighted by atomic mass is 16.5. The van der Waals surface area contributed by atoms with Crippen molar-refractivity contribution in [2.24, 2.45) is 6.98 Å². The largest absolute Gasteiger partial charge is 0.381 e. The summed E-state index contributed by atoms with van der Waals surface area (Å²) in [5.74, 6) is 0.140. The van der Waals surface area contributed by atoms with Gasteiger partial charge in [-0.2, -0.15) is 15.3 Å². The highest BCUT2D eigenvalue weighted by Crippen LogP contribution is 2.30. The van der Waals surface area contributed by atoms with E-state index in [2.05, 4.69) is 31.4 Å². The van der Waals surface area contributed by atoms with Gasteiger partial charge in [-0.1, -0.05) is 0 Å². The van der Waals surface area contributed by atoms with E-state index in [0.29, 0.717) is 15.9 Å². The number of anilines is 2. The molecule has 5 heterocycles. The molecule has 4 aromatic rings. The van der Waals surface area contributed by atoms with Crippen LogP contribution in [0.3, 0.4) is 0 Å². The molecule has 0 atom stereocenters. The van der Waals surface area contributed by atoms with E-state index in [1.807, 2.05) is 13.0 Å². The summed E-state index contributed by atoms with van der Waals surface area (Å²) in [6.07, 6.45) is 4.91. The van der Waals surface area contributed by atoms with Crippen LogP contribution in [0.25, 0.3) is 16.8 Å². The molecule has 0 aliphatic carbocycles. The third kappa shape index (κ3) is 2.65. The Morgan fingerprint density at radius 2 is 2.20 bits per heavy atom. The fourth-order valence-electron chi connectivity index (χ4n) is 3.73. The molecule has 11 heteroatoms. The van der Waals surface area contributed by atoms with Crippen molar-refractivity contribution in [2.75, 3.05) is 18.5 Å². The minimum absolute atomic E-state index is 0.0233. The van der Waals surface area contributed by atoms with Gasteiger partial charge in [0.15, 0.2) is 11.3 Å². The Morgan fingerprint density at radius 1 is 1.37 bits per heavy atom. The number of nitrogens with one attached hydrogen (secondary N) is 1. The average Bonchev–Trinajstić information content (AvgIpc) is 3.34. The molecule has 0 amide bonds. The topological polar surface area (TPSA) is 128 Å². The lowest BCUT2D eigenvalue weighted by Gasteiger charge is -2.31. The maximum absolute atomic E-state index is 13.3. The summed E-state index contributed by atoms with van der Waals surface area (Å²) in [7, 11) is 0. The van der Waals surface area contributed by atoms with Crippen LogP contribution >= 0.6 is 0 Å². The van der Waals surface area contributed by atoms with Gasteiger partial charge in [-0.3, -0.25) is 9.13 Å². The smallest absolute Gasteiger partial charge is 0.331 e. The number of aromatic nitrogens is 7. The predicted molar refractivity (Wildman–Crippen MR) is 107 cm³/mol. The molecule has 4 aromatic heterocycles. The van der Waals surface area contributed by atoms with E-state index in [1.165, 1.54) is 17.1 Å². The van der Waals surface area contributed by atoms with E-state index >= 15 is 0 Å². The maximum atomic E-state index is 13.3. The van der Waals surface area contributed by atoms with Gasteiger partial charge in [0.2, 0.25) is 5.95 Å². The number of nitriles is 1. The molecule has 1 aliphatic rings. The summed E-state index contributed by atoms with van der Waals surface area (Å²) in [4.78, 5) is 26.2. The molecule has 0 radical (unpaired) electrons. The number of hydrogen-bond acceptors (Lipinski definition) is 8. The predicted octanol–water partition coefficient (Wildman–Crippen LogP) is 1.25. The van der Waals surface area contributed by atoms with Crippen LogP contribution in [-0.4, -0.2) is 46.9 Å². The lowest BCUT2D eigenvalue weighted by molar-refractivity contribution is 0.0448. The second kappa shape index (κ2) is 6.64. The first kappa shape index (κ1) is 15.1. The van der Waals surface area contributed by atoms with Gasteiger partial charge in [0.25, 0.3) is 0 Å². The van der Waals surface area contributed by atoms with Crippen LogP contribution in [0.15, 0.2) is 29.6 Å². The highest BCUT2D eigenvalue weighted by Gasteiger charge is 2.38. The van der Waals surface area contributed by atoms with E-state index in [1.54, 1.807) is 10.7 Å². The van der Waals surface area contributed by atoms with Crippen molar-refractivity contribution in [1.82, 2.24) is 33.7 Å². The van der Waals surface area contributed by atoms with Crippen LogP contribution in [0.5, 0.6) is 0 Å². The first-order chi connectivity index (χ1) is 15.7. The third-order valence-electron chi connectivity index (χ3n) is 5.41. The van der Waals surface area contributed by atoms with Gasteiger partial charge in [-0.25, -0.2) is 19.3 Å². The van der Waals surface area contributed by atoms with Gasteiger partial charge in [-0.15, -0.1) is 0 Å². The van der Waals surface area contributed by atoms with Gasteiger partial charge in [0, 0.05) is 37.1 Å². The zero-order chi connectivity index (χ0) is 23.4. The number of fused-ring (bicyclic) bond motifs is 2. The molecule has 11 nitrogen and oxygen atoms in total. The molecule has 0 unspecified atom stereocenters. The van der Waals surface area contributed by atoms with Crippen molar-refractivity contribution in [3.8, 4) is 6.07 Å². The fourth-order valence-corrected chi connectivity index (χ4v) is 3.73. The maximum Gasteiger partial charge on any atom is 0.331 e. The van der Waals surface area contributed by atoms with Crippen LogP contribution in [0.1, 0.15) is 22.5 Å².